The number of benzene rings is 1. The first-order valence-corrected chi connectivity index (χ1v) is 9.99. The fourth-order valence-electron chi connectivity index (χ4n) is 4.73. The van der Waals surface area contributed by atoms with Gasteiger partial charge in [0.1, 0.15) is 0 Å². The Morgan fingerprint density at radius 3 is 2.27 bits per heavy atom. The summed E-state index contributed by atoms with van der Waals surface area (Å²) in [6.07, 6.45) is 4.28. The van der Waals surface area contributed by atoms with Crippen molar-refractivity contribution in [2.45, 2.75) is 90.4 Å². The fraction of sp³-hybridized carbons (Fsp3) is 0.727. The van der Waals surface area contributed by atoms with Crippen LogP contribution in [0.15, 0.2) is 18.2 Å². The van der Waals surface area contributed by atoms with Gasteiger partial charge in [0.2, 0.25) is 0 Å². The van der Waals surface area contributed by atoms with E-state index in [-0.39, 0.29) is 0 Å². The fourth-order valence-corrected chi connectivity index (χ4v) is 4.73. The molecule has 3 rings (SSSR count). The molecule has 2 aliphatic rings. The molecular weight excluding hydrogens is 324 g/mol. The normalized spacial score (nSPS) is 25.8. The van der Waals surface area contributed by atoms with Crippen LogP contribution in [-0.4, -0.2) is 22.8 Å². The van der Waals surface area contributed by atoms with Crippen molar-refractivity contribution in [1.29, 1.82) is 0 Å². The predicted octanol–water partition coefficient (Wildman–Crippen LogP) is 4.41. The van der Waals surface area contributed by atoms with E-state index in [1.54, 1.807) is 0 Å². The summed E-state index contributed by atoms with van der Waals surface area (Å²) >= 11 is 0. The second-order valence-corrected chi connectivity index (χ2v) is 10.1. The van der Waals surface area contributed by atoms with Crippen LogP contribution >= 0.6 is 0 Å². The molecule has 4 heteroatoms. The lowest BCUT2D eigenvalue weighted by Crippen LogP contribution is -2.41. The summed E-state index contributed by atoms with van der Waals surface area (Å²) in [5, 5.41) is 28.1. The van der Waals surface area contributed by atoms with Gasteiger partial charge in [0, 0.05) is 12.6 Å². The highest BCUT2D eigenvalue weighted by Gasteiger charge is 2.50. The molecule has 1 radical (unpaired) electrons. The predicted molar refractivity (Wildman–Crippen MR) is 104 cm³/mol. The molecule has 0 amide bonds. The van der Waals surface area contributed by atoms with Crippen LogP contribution in [0.3, 0.4) is 0 Å². The summed E-state index contributed by atoms with van der Waals surface area (Å²) in [7, 11) is 0. The zero-order valence-electron chi connectivity index (χ0n) is 17.2. The van der Waals surface area contributed by atoms with Crippen LogP contribution in [0.2, 0.25) is 0 Å². The van der Waals surface area contributed by atoms with Crippen molar-refractivity contribution < 1.29 is 10.3 Å². The van der Waals surface area contributed by atoms with Gasteiger partial charge in [-0.2, -0.15) is 0 Å². The lowest BCUT2D eigenvalue weighted by atomic mass is 9.75. The first kappa shape index (κ1) is 19.8. The summed E-state index contributed by atoms with van der Waals surface area (Å²) in [5.41, 5.74) is 2.35. The maximum absolute atomic E-state index is 12.7. The standard InChI is InChI=1S/C22H35N2O2/c1-20(2)11-9-16(10-12-20)23-14-19(25)15-7-8-17-18(13-15)22(5,6)24(26)21(17,3)4/h7-8,13,16,19,23,25H,9-12,14H2,1-6H3. The molecule has 0 aromatic heterocycles. The second kappa shape index (κ2) is 6.59. The van der Waals surface area contributed by atoms with Gasteiger partial charge in [-0.15, -0.1) is 10.3 Å². The quantitative estimate of drug-likeness (QED) is 0.837. The van der Waals surface area contributed by atoms with Crippen molar-refractivity contribution >= 4 is 0 Å². The van der Waals surface area contributed by atoms with Crippen LogP contribution in [-0.2, 0) is 16.3 Å². The van der Waals surface area contributed by atoms with E-state index in [4.69, 9.17) is 0 Å². The highest BCUT2D eigenvalue weighted by molar-refractivity contribution is 5.45. The minimum Gasteiger partial charge on any atom is -0.387 e. The molecular formula is C22H35N2O2. The summed E-state index contributed by atoms with van der Waals surface area (Å²) in [5.74, 6) is 0. The number of hydroxylamine groups is 2. The average Bonchev–Trinajstić information content (AvgIpc) is 2.71. The van der Waals surface area contributed by atoms with Crippen LogP contribution in [0.1, 0.15) is 90.0 Å². The van der Waals surface area contributed by atoms with Gasteiger partial charge >= 0.3 is 0 Å². The second-order valence-electron chi connectivity index (χ2n) is 10.1. The molecule has 26 heavy (non-hydrogen) atoms. The third-order valence-electron chi connectivity index (χ3n) is 6.70. The topological polar surface area (TPSA) is 55.4 Å². The van der Waals surface area contributed by atoms with Crippen LogP contribution in [0.5, 0.6) is 0 Å². The molecule has 1 unspecified atom stereocenters. The van der Waals surface area contributed by atoms with Gasteiger partial charge in [0.15, 0.2) is 0 Å². The molecule has 4 nitrogen and oxygen atoms in total. The maximum atomic E-state index is 12.7. The van der Waals surface area contributed by atoms with Gasteiger partial charge in [-0.1, -0.05) is 32.0 Å². The number of nitrogens with zero attached hydrogens (tertiary/aromatic N) is 1. The molecule has 1 aliphatic heterocycles. The Bertz CT molecular complexity index is 656. The van der Waals surface area contributed by atoms with Crippen molar-refractivity contribution in [1.82, 2.24) is 10.4 Å². The first-order chi connectivity index (χ1) is 11.9. The Morgan fingerprint density at radius 1 is 1.08 bits per heavy atom. The van der Waals surface area contributed by atoms with E-state index < -0.39 is 17.2 Å². The molecule has 145 valence electrons. The molecule has 1 atom stereocenters. The molecule has 1 saturated carbocycles. The van der Waals surface area contributed by atoms with Gasteiger partial charge in [0.05, 0.1) is 17.2 Å². The zero-order chi connectivity index (χ0) is 19.3. The lowest BCUT2D eigenvalue weighted by Gasteiger charge is -2.35. The Morgan fingerprint density at radius 2 is 1.65 bits per heavy atom. The van der Waals surface area contributed by atoms with E-state index in [0.717, 1.165) is 16.7 Å². The highest BCUT2D eigenvalue weighted by Crippen LogP contribution is 2.48. The number of fused-ring (bicyclic) bond motifs is 1. The van der Waals surface area contributed by atoms with Crippen molar-refractivity contribution in [2.24, 2.45) is 5.41 Å². The van der Waals surface area contributed by atoms with Gasteiger partial charge < -0.3 is 10.4 Å². The first-order valence-electron chi connectivity index (χ1n) is 9.99. The molecule has 2 N–H and O–H groups in total. The maximum Gasteiger partial charge on any atom is 0.0914 e. The number of aliphatic hydroxyl groups excluding tert-OH is 1. The molecule has 1 aromatic rings. The van der Waals surface area contributed by atoms with Crippen molar-refractivity contribution in [3.8, 4) is 0 Å². The lowest BCUT2D eigenvalue weighted by molar-refractivity contribution is -0.266. The van der Waals surface area contributed by atoms with Crippen molar-refractivity contribution in [2.75, 3.05) is 6.54 Å². The third-order valence-corrected chi connectivity index (χ3v) is 6.70. The van der Waals surface area contributed by atoms with E-state index in [1.807, 2.05) is 45.9 Å². The van der Waals surface area contributed by atoms with Crippen LogP contribution < -0.4 is 5.32 Å². The largest absolute Gasteiger partial charge is 0.387 e. The molecule has 1 aliphatic carbocycles. The van der Waals surface area contributed by atoms with Gasteiger partial charge in [0.25, 0.3) is 0 Å². The number of hydrogen-bond donors (Lipinski definition) is 2. The molecule has 0 saturated heterocycles. The van der Waals surface area contributed by atoms with Gasteiger partial charge in [-0.3, -0.25) is 0 Å². The Kier molecular flexibility index (Phi) is 5.02. The summed E-state index contributed by atoms with van der Waals surface area (Å²) in [4.78, 5) is 0. The Balaban J connectivity index is 1.69. The summed E-state index contributed by atoms with van der Waals surface area (Å²) in [6.45, 7) is 13.1. The summed E-state index contributed by atoms with van der Waals surface area (Å²) < 4.78 is 0. The van der Waals surface area contributed by atoms with Gasteiger partial charge in [-0.05, 0) is 75.5 Å². The number of rotatable bonds is 4. The monoisotopic (exact) mass is 359 g/mol. The highest BCUT2D eigenvalue weighted by atomic mass is 16.5. The number of nitrogens with one attached hydrogen (secondary N) is 1. The number of aliphatic hydroxyl groups is 1. The summed E-state index contributed by atoms with van der Waals surface area (Å²) in [6, 6.07) is 6.54. The van der Waals surface area contributed by atoms with Crippen LogP contribution in [0.25, 0.3) is 0 Å². The van der Waals surface area contributed by atoms with E-state index in [0.29, 0.717) is 18.0 Å². The number of hydrogen-bond acceptors (Lipinski definition) is 3. The van der Waals surface area contributed by atoms with Crippen molar-refractivity contribution in [3.05, 3.63) is 34.9 Å². The zero-order valence-corrected chi connectivity index (χ0v) is 17.2. The smallest absolute Gasteiger partial charge is 0.0914 e. The SMILES string of the molecule is CC1(C)CCC(NCC(O)c2ccc3c(c2)C(C)(C)N([O])C3(C)C)CC1. The van der Waals surface area contributed by atoms with Crippen LogP contribution in [0.4, 0.5) is 0 Å². The van der Waals surface area contributed by atoms with Crippen LogP contribution in [0, 0.1) is 5.41 Å². The minimum absolute atomic E-state index is 0.458. The molecule has 1 aromatic carbocycles. The molecule has 1 fully saturated rings. The average molecular weight is 360 g/mol. The molecule has 0 spiro atoms. The van der Waals surface area contributed by atoms with Gasteiger partial charge in [-0.25, -0.2) is 0 Å². The molecule has 1 heterocycles. The van der Waals surface area contributed by atoms with Crippen molar-refractivity contribution in [3.63, 3.8) is 0 Å². The molecule has 0 bridgehead atoms. The minimum atomic E-state index is -0.572. The Hall–Kier alpha value is -0.940. The van der Waals surface area contributed by atoms with E-state index in [9.17, 15) is 10.3 Å². The third kappa shape index (κ3) is 3.45. The van der Waals surface area contributed by atoms with E-state index in [2.05, 4.69) is 19.2 Å². The van der Waals surface area contributed by atoms with E-state index in [1.165, 1.54) is 30.7 Å². The van der Waals surface area contributed by atoms with E-state index >= 15 is 0 Å². The Labute approximate surface area is 158 Å².